The molecule has 17 atom stereocenters. The molecule has 7 saturated carbocycles. The first-order chi connectivity index (χ1) is 34.1. The minimum absolute atomic E-state index is 0.0183. The molecule has 0 radical (unpaired) electrons. The fourth-order valence-electron chi connectivity index (χ4n) is 20.9. The molecule has 7 fully saturated rings. The van der Waals surface area contributed by atoms with Gasteiger partial charge in [0.05, 0.1) is 31.6 Å². The number of fused-ring (bicyclic) bond motifs is 14. The van der Waals surface area contributed by atoms with Gasteiger partial charge in [-0.25, -0.2) is 11.4 Å². The van der Waals surface area contributed by atoms with Crippen molar-refractivity contribution in [3.05, 3.63) is 57.9 Å². The van der Waals surface area contributed by atoms with Gasteiger partial charge < -0.3 is 19.1 Å². The zero-order valence-corrected chi connectivity index (χ0v) is 48.0. The minimum Gasteiger partial charge on any atom is -0.469 e. The highest BCUT2D eigenvalue weighted by Gasteiger charge is 2.74. The van der Waals surface area contributed by atoms with Gasteiger partial charge in [-0.05, 0) is 183 Å². The third-order valence-corrected chi connectivity index (χ3v) is 25.8. The Morgan fingerprint density at radius 1 is 0.554 bits per heavy atom. The van der Waals surface area contributed by atoms with E-state index in [0.29, 0.717) is 6.42 Å². The molecule has 0 heterocycles. The third-order valence-electron chi connectivity index (χ3n) is 25.8. The van der Waals surface area contributed by atoms with Crippen LogP contribution in [0.2, 0.25) is 0 Å². The van der Waals surface area contributed by atoms with Gasteiger partial charge in [0.2, 0.25) is 11.5 Å². The second-order valence-electron chi connectivity index (χ2n) is 30.0. The summed E-state index contributed by atoms with van der Waals surface area (Å²) in [6, 6.07) is -0.668. The highest BCUT2D eigenvalue weighted by atomic mass is 16.5. The number of carbonyl (C=O) groups excluding carboxylic acids is 6. The standard InChI is InChI=1S/C32H45NO4.C32H43NO4/c2*1-27(2)23-10-11-32(7)24(30(23,5)18-21(33-8)25(27)35)22(34)16-19-20-17-29(4,26(36)37-9)13-12-28(20,3)14-15-31(19,32)6/h16,20-21,23-24H,10-15,17-18H2,1-7,9H3;16,18,20,23-24H,10-15,17H2,1-7,9H3/t20-,21?,23+,24-,28-,29+,30+,31-,32-;20-,23+,24-,28-,29+,30+,31-,32-/m11/s1. The molecule has 74 heavy (non-hydrogen) atoms. The average Bonchev–Trinajstić information content (AvgIpc) is 3.33. The zero-order valence-electron chi connectivity index (χ0n) is 48.0. The summed E-state index contributed by atoms with van der Waals surface area (Å²) in [5.41, 5.74) is -1.33. The lowest BCUT2D eigenvalue weighted by Crippen LogP contribution is -2.67. The third kappa shape index (κ3) is 6.88. The first-order valence-corrected chi connectivity index (χ1v) is 28.3. The fourth-order valence-corrected chi connectivity index (χ4v) is 20.9. The van der Waals surface area contributed by atoms with E-state index >= 15 is 0 Å². The van der Waals surface area contributed by atoms with Gasteiger partial charge in [0.1, 0.15) is 0 Å². The number of hydrogen-bond acceptors (Lipinski definition) is 8. The van der Waals surface area contributed by atoms with Crippen LogP contribution in [0.15, 0.2) is 35.1 Å². The summed E-state index contributed by atoms with van der Waals surface area (Å²) in [6.07, 6.45) is 19.1. The summed E-state index contributed by atoms with van der Waals surface area (Å²) in [5, 5.41) is 0. The van der Waals surface area contributed by atoms with Crippen molar-refractivity contribution in [2.45, 2.75) is 199 Å². The summed E-state index contributed by atoms with van der Waals surface area (Å²) in [6.45, 7) is 46.0. The van der Waals surface area contributed by atoms with Crippen molar-refractivity contribution in [3.8, 4) is 0 Å². The lowest BCUT2D eigenvalue weighted by atomic mass is 9.33. The summed E-state index contributed by atoms with van der Waals surface area (Å²) in [7, 11) is 2.95. The zero-order chi connectivity index (χ0) is 54.8. The number of hydrogen-bond donors (Lipinski definition) is 0. The van der Waals surface area contributed by atoms with E-state index in [1.165, 1.54) is 25.4 Å². The molecular formula is C64H88N2O8. The predicted molar refractivity (Wildman–Crippen MR) is 284 cm³/mol. The van der Waals surface area contributed by atoms with Crippen molar-refractivity contribution >= 4 is 35.1 Å². The van der Waals surface area contributed by atoms with Crippen molar-refractivity contribution in [1.29, 1.82) is 0 Å². The molecule has 0 N–H and O–H groups in total. The molecule has 402 valence electrons. The van der Waals surface area contributed by atoms with Crippen LogP contribution in [0.1, 0.15) is 193 Å². The largest absolute Gasteiger partial charge is 0.469 e. The van der Waals surface area contributed by atoms with Gasteiger partial charge in [-0.3, -0.25) is 24.0 Å². The molecule has 10 nitrogen and oxygen atoms in total. The van der Waals surface area contributed by atoms with Gasteiger partial charge in [-0.2, -0.15) is 0 Å². The van der Waals surface area contributed by atoms with Crippen LogP contribution in [0, 0.1) is 114 Å². The molecule has 10 aliphatic carbocycles. The number of esters is 2. The number of carbonyl (C=O) groups is 6. The second-order valence-corrected chi connectivity index (χ2v) is 30.0. The van der Waals surface area contributed by atoms with Crippen LogP contribution < -0.4 is 0 Å². The molecule has 10 rings (SSSR count). The summed E-state index contributed by atoms with van der Waals surface area (Å²) >= 11 is 0. The van der Waals surface area contributed by atoms with E-state index in [-0.39, 0.29) is 109 Å². The molecule has 0 spiro atoms. The molecule has 0 bridgehead atoms. The monoisotopic (exact) mass is 1010 g/mol. The van der Waals surface area contributed by atoms with E-state index in [9.17, 15) is 28.8 Å². The van der Waals surface area contributed by atoms with Crippen LogP contribution >= 0.6 is 0 Å². The highest BCUT2D eigenvalue weighted by molar-refractivity contribution is 6.03. The Morgan fingerprint density at radius 3 is 1.43 bits per heavy atom. The molecule has 0 aliphatic heterocycles. The Kier molecular flexibility index (Phi) is 12.3. The molecule has 10 aliphatic rings. The van der Waals surface area contributed by atoms with E-state index in [0.717, 1.165) is 89.9 Å². The second kappa shape index (κ2) is 16.7. The van der Waals surface area contributed by atoms with E-state index in [1.807, 2.05) is 59.8 Å². The van der Waals surface area contributed by atoms with Gasteiger partial charge >= 0.3 is 11.9 Å². The average molecular weight is 1010 g/mol. The van der Waals surface area contributed by atoms with Gasteiger partial charge in [-0.1, -0.05) is 100 Å². The topological polar surface area (TPSA) is 130 Å². The molecule has 0 aromatic rings. The lowest BCUT2D eigenvalue weighted by molar-refractivity contribution is -0.189. The summed E-state index contributed by atoms with van der Waals surface area (Å²) < 4.78 is 10.5. The van der Waals surface area contributed by atoms with Crippen molar-refractivity contribution in [1.82, 2.24) is 0 Å². The summed E-state index contributed by atoms with van der Waals surface area (Å²) in [5.74, 6) is -0.0231. The maximum Gasteiger partial charge on any atom is 0.311 e. The molecule has 0 aromatic carbocycles. The molecule has 1 unspecified atom stereocenters. The Hall–Kier alpha value is -4.18. The van der Waals surface area contributed by atoms with Gasteiger partial charge in [0.25, 0.3) is 6.04 Å². The van der Waals surface area contributed by atoms with Crippen LogP contribution in [0.25, 0.3) is 9.69 Å². The maximum absolute atomic E-state index is 14.4. The van der Waals surface area contributed by atoms with E-state index in [1.54, 1.807) is 0 Å². The molecule has 0 aromatic heterocycles. The smallest absolute Gasteiger partial charge is 0.311 e. The summed E-state index contributed by atoms with van der Waals surface area (Å²) in [4.78, 5) is 88.3. The Balaban J connectivity index is 0.000000182. The van der Waals surface area contributed by atoms with Gasteiger partial charge in [-0.15, -0.1) is 0 Å². The number of nitrogens with zero attached hydrogens (tertiary/aromatic N) is 2. The Labute approximate surface area is 443 Å². The quantitative estimate of drug-likeness (QED) is 0.197. The first-order valence-electron chi connectivity index (χ1n) is 28.3. The number of rotatable bonds is 2. The highest BCUT2D eigenvalue weighted by Crippen LogP contribution is 2.77. The van der Waals surface area contributed by atoms with Crippen LogP contribution in [-0.4, -0.2) is 55.3 Å². The lowest BCUT2D eigenvalue weighted by Gasteiger charge is -2.69. The van der Waals surface area contributed by atoms with Gasteiger partial charge in [0, 0.05) is 29.1 Å². The van der Waals surface area contributed by atoms with E-state index < -0.39 is 38.5 Å². The molecule has 0 saturated heterocycles. The number of Topliss-reactive ketones (excluding diaryl/α,β-unsaturated/α-hetero) is 2. The van der Waals surface area contributed by atoms with Gasteiger partial charge in [0.15, 0.2) is 17.3 Å². The van der Waals surface area contributed by atoms with Crippen LogP contribution in [-0.2, 0) is 38.2 Å². The van der Waals surface area contributed by atoms with Crippen molar-refractivity contribution in [2.75, 3.05) is 14.2 Å². The number of ether oxygens (including phenoxy) is 2. The molecular weight excluding hydrogens is 925 g/mol. The molecule has 0 amide bonds. The van der Waals surface area contributed by atoms with Crippen molar-refractivity contribution in [3.63, 3.8) is 0 Å². The Morgan fingerprint density at radius 2 is 0.986 bits per heavy atom. The van der Waals surface area contributed by atoms with Crippen molar-refractivity contribution in [2.24, 2.45) is 100 Å². The minimum atomic E-state index is -0.674. The van der Waals surface area contributed by atoms with Crippen LogP contribution in [0.4, 0.5) is 0 Å². The first kappa shape index (κ1) is 54.6. The van der Waals surface area contributed by atoms with Crippen LogP contribution in [0.5, 0.6) is 0 Å². The normalized spacial score (nSPS) is 49.3. The number of allylic oxidation sites excluding steroid dienone is 6. The fraction of sp³-hybridized carbons (Fsp3) is 0.781. The van der Waals surface area contributed by atoms with Crippen molar-refractivity contribution < 1.29 is 38.2 Å². The number of ketones is 4. The molecule has 10 heteroatoms. The predicted octanol–water partition coefficient (Wildman–Crippen LogP) is 13.3. The SMILES string of the molecule is [C-]#[N+]C1=C[C@]2(C)[C@H]3C(=O)C=C4[C@H]5C[C@@](C)(C(=O)OC)CC[C@]5(C)CC[C@@]4(C)[C@]3(C)CC[C@H]2C(C)(C)C1=O.[C-]#[N+]C1C[C@]2(C)[C@H]3C(=O)C=C4[C@H]5C[C@@](C)(C(=O)OC)CC[C@]5(C)CC[C@@]4(C)[C@]3(C)CC[C@H]2C(C)(C)C1=O. The van der Waals surface area contributed by atoms with Crippen LogP contribution in [0.3, 0.4) is 0 Å². The van der Waals surface area contributed by atoms with E-state index in [2.05, 4.69) is 65.1 Å². The number of methoxy groups -OCH3 is 2. The van der Waals surface area contributed by atoms with E-state index in [4.69, 9.17) is 22.6 Å². The maximum atomic E-state index is 14.4. The Bertz CT molecular complexity index is 2710.